The van der Waals surface area contributed by atoms with Crippen molar-refractivity contribution >= 4 is 0 Å². The van der Waals surface area contributed by atoms with E-state index in [2.05, 4.69) is 27.7 Å². The lowest BCUT2D eigenvalue weighted by molar-refractivity contribution is -0.966. The molecule has 0 saturated carbocycles. The fourth-order valence-electron chi connectivity index (χ4n) is 3.58. The van der Waals surface area contributed by atoms with Crippen LogP contribution in [-0.2, 0) is 4.74 Å². The van der Waals surface area contributed by atoms with Crippen LogP contribution in [0.1, 0.15) is 66.2 Å². The van der Waals surface area contributed by atoms with Crippen molar-refractivity contribution in [1.29, 1.82) is 0 Å². The third kappa shape index (κ3) is 2.38. The van der Waals surface area contributed by atoms with Gasteiger partial charge in [0, 0.05) is 20.0 Å². The molecular weight excluding hydrogens is 214 g/mol. The van der Waals surface area contributed by atoms with E-state index in [0.717, 1.165) is 38.5 Å². The summed E-state index contributed by atoms with van der Waals surface area (Å²) in [5.41, 5.74) is -0.268. The van der Waals surface area contributed by atoms with Gasteiger partial charge in [-0.1, -0.05) is 27.7 Å². The van der Waals surface area contributed by atoms with E-state index in [1.165, 1.54) is 0 Å². The molecule has 1 saturated heterocycles. The fourth-order valence-corrected chi connectivity index (χ4v) is 3.58. The minimum Gasteiger partial charge on any atom is -0.633 e. The molecule has 0 spiro atoms. The lowest BCUT2D eigenvalue weighted by atomic mass is 9.72. The zero-order chi connectivity index (χ0) is 13.1. The van der Waals surface area contributed by atoms with E-state index < -0.39 is 0 Å². The third-order valence-electron chi connectivity index (χ3n) is 5.24. The standard InChI is InChI=1S/C14H29NO2/c1-6-13(7-2)10-12(17-5)11-14(8-3,9-4)15(13)16/h12,15H,6-11H2,1-5H3. The van der Waals surface area contributed by atoms with Crippen molar-refractivity contribution in [1.82, 2.24) is 0 Å². The second kappa shape index (κ2) is 5.68. The van der Waals surface area contributed by atoms with Gasteiger partial charge in [0.05, 0.1) is 17.2 Å². The molecule has 0 atom stereocenters. The number of piperidine rings is 1. The van der Waals surface area contributed by atoms with Crippen LogP contribution in [0.15, 0.2) is 0 Å². The van der Waals surface area contributed by atoms with Gasteiger partial charge in [-0.25, -0.2) is 0 Å². The van der Waals surface area contributed by atoms with E-state index in [1.807, 2.05) is 0 Å². The number of hydrogen-bond acceptors (Lipinski definition) is 2. The first kappa shape index (κ1) is 14.9. The van der Waals surface area contributed by atoms with Gasteiger partial charge in [-0.15, -0.1) is 0 Å². The Bertz CT molecular complexity index is 212. The molecule has 3 heteroatoms. The monoisotopic (exact) mass is 243 g/mol. The Morgan fingerprint density at radius 1 is 1.00 bits per heavy atom. The molecule has 1 N–H and O–H groups in total. The zero-order valence-corrected chi connectivity index (χ0v) is 12.1. The molecule has 0 amide bonds. The quantitative estimate of drug-likeness (QED) is 0.752. The molecule has 1 heterocycles. The predicted molar refractivity (Wildman–Crippen MR) is 71.0 cm³/mol. The van der Waals surface area contributed by atoms with Gasteiger partial charge < -0.3 is 15.0 Å². The van der Waals surface area contributed by atoms with E-state index in [4.69, 9.17) is 4.74 Å². The van der Waals surface area contributed by atoms with Gasteiger partial charge in [0.25, 0.3) is 0 Å². The lowest BCUT2D eigenvalue weighted by Crippen LogP contribution is -3.25. The van der Waals surface area contributed by atoms with Crippen LogP contribution in [0.4, 0.5) is 0 Å². The summed E-state index contributed by atoms with van der Waals surface area (Å²) < 4.78 is 5.61. The normalized spacial score (nSPS) is 31.4. The van der Waals surface area contributed by atoms with Crippen LogP contribution < -0.4 is 5.06 Å². The number of nitrogens with one attached hydrogen (secondary N) is 1. The molecule has 1 aliphatic rings. The molecule has 102 valence electrons. The highest BCUT2D eigenvalue weighted by Gasteiger charge is 2.51. The molecule has 0 aromatic heterocycles. The SMILES string of the molecule is CCC1(CC)CC(OC)CC(CC)(CC)[NH+]1[O-]. The third-order valence-corrected chi connectivity index (χ3v) is 5.24. The summed E-state index contributed by atoms with van der Waals surface area (Å²) in [6.45, 7) is 8.59. The van der Waals surface area contributed by atoms with E-state index in [1.54, 1.807) is 7.11 Å². The van der Waals surface area contributed by atoms with Gasteiger partial charge >= 0.3 is 0 Å². The second-order valence-electron chi connectivity index (χ2n) is 5.57. The average Bonchev–Trinajstić information content (AvgIpc) is 2.40. The number of methoxy groups -OCH3 is 1. The lowest BCUT2D eigenvalue weighted by Gasteiger charge is -2.58. The highest BCUT2D eigenvalue weighted by Crippen LogP contribution is 2.33. The van der Waals surface area contributed by atoms with Crippen LogP contribution in [-0.4, -0.2) is 24.3 Å². The van der Waals surface area contributed by atoms with Crippen LogP contribution in [0.3, 0.4) is 0 Å². The van der Waals surface area contributed by atoms with Gasteiger partial charge in [-0.05, 0) is 25.7 Å². The zero-order valence-electron chi connectivity index (χ0n) is 12.1. The van der Waals surface area contributed by atoms with Crippen LogP contribution in [0.2, 0.25) is 0 Å². The fraction of sp³-hybridized carbons (Fsp3) is 1.00. The molecule has 1 fully saturated rings. The minimum absolute atomic E-state index is 0.134. The maximum atomic E-state index is 12.9. The van der Waals surface area contributed by atoms with E-state index in [9.17, 15) is 5.21 Å². The summed E-state index contributed by atoms with van der Waals surface area (Å²) in [6, 6.07) is 0. The highest BCUT2D eigenvalue weighted by molar-refractivity contribution is 4.93. The molecule has 0 unspecified atom stereocenters. The topological polar surface area (TPSA) is 36.7 Å². The van der Waals surface area contributed by atoms with Crippen molar-refractivity contribution in [3.05, 3.63) is 5.21 Å². The Kier molecular flexibility index (Phi) is 4.99. The second-order valence-corrected chi connectivity index (χ2v) is 5.57. The molecule has 1 rings (SSSR count). The van der Waals surface area contributed by atoms with E-state index in [-0.39, 0.29) is 17.2 Å². The molecular formula is C14H29NO2. The van der Waals surface area contributed by atoms with Gasteiger partial charge in [0.1, 0.15) is 0 Å². The minimum atomic E-state index is -0.134. The Morgan fingerprint density at radius 2 is 1.35 bits per heavy atom. The summed E-state index contributed by atoms with van der Waals surface area (Å²) in [4.78, 5) is 0. The van der Waals surface area contributed by atoms with Gasteiger partial charge in [-0.2, -0.15) is 0 Å². The van der Waals surface area contributed by atoms with Crippen molar-refractivity contribution < 1.29 is 9.80 Å². The maximum Gasteiger partial charge on any atom is 0.0997 e. The Balaban J connectivity index is 3.08. The first-order chi connectivity index (χ1) is 8.04. The van der Waals surface area contributed by atoms with Crippen molar-refractivity contribution in [2.45, 2.75) is 83.4 Å². The highest BCUT2D eigenvalue weighted by atomic mass is 16.5. The Morgan fingerprint density at radius 3 is 1.59 bits per heavy atom. The number of quaternary nitrogens is 1. The molecule has 0 aromatic rings. The number of hydrogen-bond donors (Lipinski definition) is 1. The van der Waals surface area contributed by atoms with Gasteiger partial charge in [-0.3, -0.25) is 0 Å². The van der Waals surface area contributed by atoms with Gasteiger partial charge in [0.15, 0.2) is 0 Å². The van der Waals surface area contributed by atoms with Crippen molar-refractivity contribution in [3.63, 3.8) is 0 Å². The van der Waals surface area contributed by atoms with Crippen LogP contribution in [0, 0.1) is 5.21 Å². The molecule has 17 heavy (non-hydrogen) atoms. The first-order valence-electron chi connectivity index (χ1n) is 7.11. The van der Waals surface area contributed by atoms with Gasteiger partial charge in [0.2, 0.25) is 0 Å². The van der Waals surface area contributed by atoms with E-state index >= 15 is 0 Å². The number of hydroxylamine groups is 2. The molecule has 0 bridgehead atoms. The molecule has 3 nitrogen and oxygen atoms in total. The smallest absolute Gasteiger partial charge is 0.0997 e. The Hall–Kier alpha value is -0.120. The van der Waals surface area contributed by atoms with E-state index in [0.29, 0.717) is 5.06 Å². The molecule has 0 aromatic carbocycles. The Labute approximate surface area is 106 Å². The summed E-state index contributed by atoms with van der Waals surface area (Å²) in [5, 5.41) is 13.4. The number of ether oxygens (including phenoxy) is 1. The molecule has 0 radical (unpaired) electrons. The van der Waals surface area contributed by atoms with Crippen molar-refractivity contribution in [3.8, 4) is 0 Å². The first-order valence-corrected chi connectivity index (χ1v) is 7.11. The average molecular weight is 243 g/mol. The summed E-state index contributed by atoms with van der Waals surface area (Å²) in [7, 11) is 1.78. The molecule has 1 aliphatic heterocycles. The van der Waals surface area contributed by atoms with Crippen LogP contribution in [0.5, 0.6) is 0 Å². The van der Waals surface area contributed by atoms with Crippen LogP contribution in [0.25, 0.3) is 0 Å². The van der Waals surface area contributed by atoms with Crippen molar-refractivity contribution in [2.75, 3.05) is 7.11 Å². The van der Waals surface area contributed by atoms with Crippen molar-refractivity contribution in [2.24, 2.45) is 0 Å². The summed E-state index contributed by atoms with van der Waals surface area (Å²) in [5.74, 6) is 0. The van der Waals surface area contributed by atoms with Crippen LogP contribution >= 0.6 is 0 Å². The number of rotatable bonds is 5. The maximum absolute atomic E-state index is 12.9. The predicted octanol–water partition coefficient (Wildman–Crippen LogP) is 2.30. The molecule has 0 aliphatic carbocycles. The summed E-state index contributed by atoms with van der Waals surface area (Å²) >= 11 is 0. The largest absolute Gasteiger partial charge is 0.633 e. The summed E-state index contributed by atoms with van der Waals surface area (Å²) in [6.07, 6.45) is 5.88.